The number of hydrogen-bond acceptors (Lipinski definition) is 1. The summed E-state index contributed by atoms with van der Waals surface area (Å²) in [7, 11) is 0. The van der Waals surface area contributed by atoms with Crippen molar-refractivity contribution in [1.82, 2.24) is 4.90 Å². The second-order valence-electron chi connectivity index (χ2n) is 3.28. The minimum Gasteiger partial charge on any atom is -0.303 e. The Hall–Kier alpha value is -0.0400. The molecule has 1 nitrogen and oxygen atoms in total. The summed E-state index contributed by atoms with van der Waals surface area (Å²) in [6.07, 6.45) is 11.4. The first-order chi connectivity index (χ1) is 5.45. The molecule has 0 aromatic rings. The fraction of sp³-hybridized carbons (Fsp3) is 0.500. The van der Waals surface area contributed by atoms with Gasteiger partial charge in [-0.2, -0.15) is 0 Å². The number of hydrogen-bond donors (Lipinski definition) is 0. The van der Waals surface area contributed by atoms with Gasteiger partial charge in [0.15, 0.2) is 0 Å². The van der Waals surface area contributed by atoms with Gasteiger partial charge in [0, 0.05) is 6.54 Å². The molecule has 1 heteroatoms. The van der Waals surface area contributed by atoms with Gasteiger partial charge in [-0.05, 0) is 57.5 Å². The Kier molecular flexibility index (Phi) is 2.47. The molecule has 1 heterocycles. The van der Waals surface area contributed by atoms with Gasteiger partial charge in [0.2, 0.25) is 0 Å². The van der Waals surface area contributed by atoms with Gasteiger partial charge in [0.25, 0.3) is 0 Å². The van der Waals surface area contributed by atoms with E-state index >= 15 is 0 Å². The lowest BCUT2D eigenvalue weighted by Gasteiger charge is -2.18. The highest BCUT2D eigenvalue weighted by Crippen LogP contribution is 2.24. The van der Waals surface area contributed by atoms with E-state index in [0.717, 1.165) is 6.54 Å². The molecule has 0 bridgehead atoms. The molecule has 1 aliphatic carbocycles. The largest absolute Gasteiger partial charge is 0.303 e. The molecular weight excluding hydrogens is 134 g/mol. The minimum atomic E-state index is 1.16. The van der Waals surface area contributed by atoms with Crippen LogP contribution in [0.1, 0.15) is 12.8 Å². The van der Waals surface area contributed by atoms with E-state index in [9.17, 15) is 0 Å². The summed E-state index contributed by atoms with van der Waals surface area (Å²) in [5.41, 5.74) is 0. The number of likely N-dealkylation sites (tertiary alicyclic amines) is 1. The van der Waals surface area contributed by atoms with Crippen LogP contribution in [0.2, 0.25) is 0 Å². The molecule has 59 valence electrons. The maximum absolute atomic E-state index is 2.52. The first-order valence-electron chi connectivity index (χ1n) is 4.38. The van der Waals surface area contributed by atoms with Crippen LogP contribution in [0.3, 0.4) is 0 Å². The van der Waals surface area contributed by atoms with Gasteiger partial charge in [-0.15, -0.1) is 0 Å². The second kappa shape index (κ2) is 3.57. The monoisotopic (exact) mass is 148 g/mol. The zero-order valence-corrected chi connectivity index (χ0v) is 6.79. The number of nitrogens with zero attached hydrogens (tertiary/aromatic N) is 1. The topological polar surface area (TPSA) is 3.24 Å². The van der Waals surface area contributed by atoms with Crippen LogP contribution in [0, 0.1) is 31.6 Å². The van der Waals surface area contributed by atoms with Crippen LogP contribution in [0.15, 0.2) is 0 Å². The maximum atomic E-state index is 2.52. The van der Waals surface area contributed by atoms with Crippen molar-refractivity contribution < 1.29 is 0 Å². The molecule has 11 heavy (non-hydrogen) atoms. The summed E-state index contributed by atoms with van der Waals surface area (Å²) >= 11 is 0. The molecule has 1 saturated carbocycles. The van der Waals surface area contributed by atoms with E-state index in [1.165, 1.54) is 31.8 Å². The maximum Gasteiger partial charge on any atom is 0.00498 e. The fourth-order valence-corrected chi connectivity index (χ4v) is 1.72. The quantitative estimate of drug-likeness (QED) is 0.573. The predicted octanol–water partition coefficient (Wildman–Crippen LogP) is 1.49. The van der Waals surface area contributed by atoms with E-state index in [4.69, 9.17) is 0 Å². The van der Waals surface area contributed by atoms with Crippen molar-refractivity contribution in [2.75, 3.05) is 19.6 Å². The highest BCUT2D eigenvalue weighted by molar-refractivity contribution is 5.36. The summed E-state index contributed by atoms with van der Waals surface area (Å²) < 4.78 is 0. The van der Waals surface area contributed by atoms with Crippen molar-refractivity contribution in [1.29, 1.82) is 0 Å². The van der Waals surface area contributed by atoms with Crippen LogP contribution in [0.5, 0.6) is 0 Å². The smallest absolute Gasteiger partial charge is 0.00498 e. The van der Waals surface area contributed by atoms with Crippen LogP contribution in [0.25, 0.3) is 0 Å². The van der Waals surface area contributed by atoms with E-state index in [0.29, 0.717) is 0 Å². The number of rotatable bonds is 2. The van der Waals surface area contributed by atoms with Gasteiger partial charge in [-0.25, -0.2) is 0 Å². The predicted molar refractivity (Wildman–Crippen MR) is 46.1 cm³/mol. The first-order valence-corrected chi connectivity index (χ1v) is 4.38. The van der Waals surface area contributed by atoms with Gasteiger partial charge in [-0.1, -0.05) is 0 Å². The van der Waals surface area contributed by atoms with Gasteiger partial charge in [0.1, 0.15) is 0 Å². The van der Waals surface area contributed by atoms with Gasteiger partial charge in [0.05, 0.1) is 0 Å². The Morgan fingerprint density at radius 3 is 2.36 bits per heavy atom. The van der Waals surface area contributed by atoms with Crippen LogP contribution in [-0.4, -0.2) is 24.5 Å². The lowest BCUT2D eigenvalue weighted by molar-refractivity contribution is 0.358. The Morgan fingerprint density at radius 1 is 1.09 bits per heavy atom. The average Bonchev–Trinajstić information content (AvgIpc) is 2.60. The SMILES string of the molecule is [CH]1[CH][CH][C](CN2CCCC2)[CH]1. The molecular formula is C10H14N. The van der Waals surface area contributed by atoms with E-state index in [2.05, 4.69) is 30.6 Å². The van der Waals surface area contributed by atoms with E-state index in [1.54, 1.807) is 0 Å². The molecule has 1 saturated heterocycles. The van der Waals surface area contributed by atoms with Crippen LogP contribution in [0.4, 0.5) is 0 Å². The summed E-state index contributed by atoms with van der Waals surface area (Å²) in [6.45, 7) is 3.75. The molecule has 0 unspecified atom stereocenters. The highest BCUT2D eigenvalue weighted by atomic mass is 15.1. The zero-order valence-electron chi connectivity index (χ0n) is 6.79. The van der Waals surface area contributed by atoms with E-state index in [1.807, 2.05) is 0 Å². The molecule has 0 spiro atoms. The molecule has 0 N–H and O–H groups in total. The lowest BCUT2D eigenvalue weighted by atomic mass is 10.1. The van der Waals surface area contributed by atoms with Crippen molar-refractivity contribution in [3.8, 4) is 0 Å². The summed E-state index contributed by atoms with van der Waals surface area (Å²) in [5.74, 6) is 1.46. The van der Waals surface area contributed by atoms with Crippen LogP contribution in [-0.2, 0) is 0 Å². The van der Waals surface area contributed by atoms with Crippen molar-refractivity contribution in [2.24, 2.45) is 0 Å². The third-order valence-electron chi connectivity index (χ3n) is 2.34. The molecule has 2 aliphatic rings. The molecule has 2 rings (SSSR count). The molecule has 0 amide bonds. The third-order valence-corrected chi connectivity index (χ3v) is 2.34. The summed E-state index contributed by atoms with van der Waals surface area (Å²) in [6, 6.07) is 0. The molecule has 0 atom stereocenters. The van der Waals surface area contributed by atoms with E-state index < -0.39 is 0 Å². The van der Waals surface area contributed by atoms with Crippen LogP contribution >= 0.6 is 0 Å². The summed E-state index contributed by atoms with van der Waals surface area (Å²) in [5, 5.41) is 0. The Bertz CT molecular complexity index is 96.0. The molecule has 2 fully saturated rings. The lowest BCUT2D eigenvalue weighted by Crippen LogP contribution is -2.24. The van der Waals surface area contributed by atoms with Gasteiger partial charge >= 0.3 is 0 Å². The normalized spacial score (nSPS) is 28.4. The van der Waals surface area contributed by atoms with Crippen molar-refractivity contribution in [3.05, 3.63) is 31.6 Å². The van der Waals surface area contributed by atoms with E-state index in [-0.39, 0.29) is 0 Å². The second-order valence-corrected chi connectivity index (χ2v) is 3.28. The average molecular weight is 148 g/mol. The molecule has 0 aromatic heterocycles. The highest BCUT2D eigenvalue weighted by Gasteiger charge is 2.21. The minimum absolute atomic E-state index is 1.16. The molecule has 1 aliphatic heterocycles. The van der Waals surface area contributed by atoms with Crippen molar-refractivity contribution >= 4 is 0 Å². The van der Waals surface area contributed by atoms with Gasteiger partial charge in [-0.3, -0.25) is 0 Å². The van der Waals surface area contributed by atoms with Crippen molar-refractivity contribution in [3.63, 3.8) is 0 Å². The zero-order chi connectivity index (χ0) is 7.52. The Balaban J connectivity index is 1.71. The van der Waals surface area contributed by atoms with Crippen molar-refractivity contribution in [2.45, 2.75) is 12.8 Å². The van der Waals surface area contributed by atoms with Gasteiger partial charge < -0.3 is 4.90 Å². The Labute approximate surface area is 69.8 Å². The summed E-state index contributed by atoms with van der Waals surface area (Å²) in [4.78, 5) is 2.52. The third kappa shape index (κ3) is 1.96. The Morgan fingerprint density at radius 2 is 1.73 bits per heavy atom. The molecule has 0 aromatic carbocycles. The molecule has 5 radical (unpaired) electrons. The first kappa shape index (κ1) is 7.60. The van der Waals surface area contributed by atoms with Crippen LogP contribution < -0.4 is 0 Å². The fourth-order valence-electron chi connectivity index (χ4n) is 1.72. The standard InChI is InChI=1S/C10H14N/c1-2-6-10(5-1)9-11-7-3-4-8-11/h1-2,5-6H,3-4,7-9H2.